The quantitative estimate of drug-likeness (QED) is 0.533. The monoisotopic (exact) mass is 428 g/mol. The van der Waals surface area contributed by atoms with Crippen LogP contribution in [0.1, 0.15) is 27.7 Å². The lowest BCUT2D eigenvalue weighted by molar-refractivity contribution is 0.844. The molecule has 0 nitrogen and oxygen atoms in total. The highest BCUT2D eigenvalue weighted by Gasteiger charge is 2.08. The fourth-order valence-corrected chi connectivity index (χ4v) is 0. The lowest BCUT2D eigenvalue weighted by Gasteiger charge is -2.08. The van der Waals surface area contributed by atoms with E-state index in [1.165, 1.54) is 0 Å². The van der Waals surface area contributed by atoms with Crippen LogP contribution in [0.4, 0.5) is 0 Å². The molecule has 76 valence electrons. The van der Waals surface area contributed by atoms with Gasteiger partial charge >= 0.3 is 0 Å². The Bertz CT molecular complexity index is 84.6. The molecule has 0 aliphatic heterocycles. The molecule has 0 bridgehead atoms. The van der Waals surface area contributed by atoms with Crippen molar-refractivity contribution >= 4 is 63.7 Å². The van der Waals surface area contributed by atoms with Gasteiger partial charge in [0, 0.05) is 19.3 Å². The van der Waals surface area contributed by atoms with Crippen LogP contribution in [0.15, 0.2) is 0 Å². The predicted molar refractivity (Wildman–Crippen MR) is 73.6 cm³/mol. The van der Waals surface area contributed by atoms with E-state index in [4.69, 9.17) is 0 Å². The average Bonchev–Trinajstić information content (AvgIpc) is 1.86. The molecule has 0 heterocycles. The first kappa shape index (κ1) is 16.4. The fraction of sp³-hybridized carbons (Fsp3) is 1.00. The van der Waals surface area contributed by atoms with Gasteiger partial charge in [0.15, 0.2) is 0 Å². The molecule has 0 unspecified atom stereocenters. The first-order valence-electron chi connectivity index (χ1n) is 3.62. The summed E-state index contributed by atoms with van der Waals surface area (Å²) in [5, 5.41) is 2.00. The third kappa shape index (κ3) is 22.7. The molecule has 0 spiro atoms. The molecule has 0 atom stereocenters. The molecule has 0 aromatic rings. The predicted octanol–water partition coefficient (Wildman–Crippen LogP) is 5.11. The van der Waals surface area contributed by atoms with E-state index in [0.29, 0.717) is 0 Å². The van der Waals surface area contributed by atoms with Gasteiger partial charge in [0.25, 0.3) is 0 Å². The van der Waals surface area contributed by atoms with E-state index in [9.17, 15) is 0 Å². The summed E-state index contributed by atoms with van der Waals surface area (Å²) in [4.78, 5) is 0. The van der Waals surface area contributed by atoms with E-state index in [0.717, 1.165) is 10.7 Å². The van der Waals surface area contributed by atoms with E-state index in [2.05, 4.69) is 91.4 Å². The van der Waals surface area contributed by atoms with Crippen molar-refractivity contribution in [2.24, 2.45) is 0 Å². The summed E-state index contributed by atoms with van der Waals surface area (Å²) in [5.41, 5.74) is 0. The summed E-state index contributed by atoms with van der Waals surface area (Å²) >= 11 is 13.5. The van der Waals surface area contributed by atoms with E-state index < -0.39 is 0 Å². The molecule has 0 radical (unpaired) electrons. The summed E-state index contributed by atoms with van der Waals surface area (Å²) in [6.45, 7) is 8.45. The Morgan fingerprint density at radius 1 is 0.750 bits per heavy atom. The fourth-order valence-electron chi connectivity index (χ4n) is 0. The molecule has 0 fully saturated rings. The van der Waals surface area contributed by atoms with Crippen LogP contribution in [-0.4, -0.2) is 19.3 Å². The van der Waals surface area contributed by atoms with Crippen LogP contribution in [0.2, 0.25) is 0 Å². The number of rotatable bonds is 2. The molecule has 0 aliphatic rings. The van der Waals surface area contributed by atoms with E-state index in [1.807, 2.05) is 0 Å². The van der Waals surface area contributed by atoms with E-state index >= 15 is 0 Å². The molecule has 0 saturated heterocycles. The lowest BCUT2D eigenvalue weighted by Crippen LogP contribution is -2.09. The summed E-state index contributed by atoms with van der Waals surface area (Å²) in [5.74, 6) is 0. The molecule has 0 aromatic heterocycles. The van der Waals surface area contributed by atoms with Crippen molar-refractivity contribution in [2.45, 2.75) is 36.3 Å². The zero-order valence-electron chi connectivity index (χ0n) is 7.93. The second kappa shape index (κ2) is 7.24. The van der Waals surface area contributed by atoms with Crippen LogP contribution < -0.4 is 0 Å². The molecule has 4 heteroatoms. The normalized spacial score (nSPS) is 12.0. The van der Waals surface area contributed by atoms with Crippen LogP contribution in [-0.2, 0) is 0 Å². The van der Waals surface area contributed by atoms with Gasteiger partial charge < -0.3 is 0 Å². The summed E-state index contributed by atoms with van der Waals surface area (Å²) in [6.07, 6.45) is 0. The van der Waals surface area contributed by atoms with Gasteiger partial charge in [0.05, 0.1) is 0 Å². The van der Waals surface area contributed by atoms with Gasteiger partial charge in [-0.25, -0.2) is 0 Å². The van der Waals surface area contributed by atoms with Gasteiger partial charge in [0.1, 0.15) is 0 Å². The van der Waals surface area contributed by atoms with Gasteiger partial charge in [-0.3, -0.25) is 0 Å². The highest BCUT2D eigenvalue weighted by molar-refractivity contribution is 9.12. The molecule has 0 N–H and O–H groups in total. The topological polar surface area (TPSA) is 0 Å². The Balaban J connectivity index is 0. The Labute approximate surface area is 110 Å². The molecule has 0 amide bonds. The van der Waals surface area contributed by atoms with Crippen molar-refractivity contribution in [1.29, 1.82) is 0 Å². The van der Waals surface area contributed by atoms with Gasteiger partial charge in [0.2, 0.25) is 0 Å². The Morgan fingerprint density at radius 3 is 0.833 bits per heavy atom. The van der Waals surface area contributed by atoms with Crippen molar-refractivity contribution < 1.29 is 0 Å². The number of hydrogen-bond acceptors (Lipinski definition) is 0. The first-order valence-corrected chi connectivity index (χ1v) is 7.45. The zero-order chi connectivity index (χ0) is 10.4. The maximum absolute atomic E-state index is 3.43. The SMILES string of the molecule is CC(C)(Br)CBr.CC(C)(Br)CBr. The minimum atomic E-state index is 0.271. The molecule has 0 rings (SSSR count). The lowest BCUT2D eigenvalue weighted by atomic mass is 10.3. The summed E-state index contributed by atoms with van der Waals surface area (Å²) < 4.78 is 0.542. The van der Waals surface area contributed by atoms with Crippen molar-refractivity contribution in [3.8, 4) is 0 Å². The third-order valence-electron chi connectivity index (χ3n) is 0.636. The molecule has 0 aromatic carbocycles. The van der Waals surface area contributed by atoms with Gasteiger partial charge in [-0.2, -0.15) is 0 Å². The van der Waals surface area contributed by atoms with Crippen LogP contribution in [0, 0.1) is 0 Å². The standard InChI is InChI=1S/2C4H8Br2/c2*1-4(2,6)3-5/h2*3H2,1-2H3. The highest BCUT2D eigenvalue weighted by atomic mass is 79.9. The molecular formula is C8H16Br4. The molecule has 0 saturated carbocycles. The van der Waals surface area contributed by atoms with Crippen molar-refractivity contribution in [1.82, 2.24) is 0 Å². The van der Waals surface area contributed by atoms with Crippen LogP contribution in [0.5, 0.6) is 0 Å². The van der Waals surface area contributed by atoms with Gasteiger partial charge in [-0.05, 0) is 27.7 Å². The van der Waals surface area contributed by atoms with Crippen LogP contribution in [0.25, 0.3) is 0 Å². The Kier molecular flexibility index (Phi) is 9.87. The summed E-state index contributed by atoms with van der Waals surface area (Å²) in [7, 11) is 0. The second-order valence-electron chi connectivity index (χ2n) is 3.70. The highest BCUT2D eigenvalue weighted by Crippen LogP contribution is 2.17. The minimum Gasteiger partial charge on any atom is -0.0913 e. The van der Waals surface area contributed by atoms with Crippen LogP contribution >= 0.6 is 63.7 Å². The smallest absolute Gasteiger partial charge is 0.0298 e. The zero-order valence-corrected chi connectivity index (χ0v) is 14.3. The molecular weight excluding hydrogens is 416 g/mol. The maximum Gasteiger partial charge on any atom is 0.0298 e. The largest absolute Gasteiger partial charge is 0.0913 e. The van der Waals surface area contributed by atoms with Crippen LogP contribution in [0.3, 0.4) is 0 Å². The van der Waals surface area contributed by atoms with Gasteiger partial charge in [-0.15, -0.1) is 0 Å². The van der Waals surface area contributed by atoms with Crippen molar-refractivity contribution in [3.63, 3.8) is 0 Å². The molecule has 12 heavy (non-hydrogen) atoms. The third-order valence-corrected chi connectivity index (χ3v) is 5.50. The van der Waals surface area contributed by atoms with Gasteiger partial charge in [-0.1, -0.05) is 63.7 Å². The maximum atomic E-state index is 3.43. The van der Waals surface area contributed by atoms with E-state index in [1.54, 1.807) is 0 Å². The van der Waals surface area contributed by atoms with Crippen molar-refractivity contribution in [3.05, 3.63) is 0 Å². The number of halogens is 4. The first-order chi connectivity index (χ1) is 5.12. The Hall–Kier alpha value is 1.92. The number of alkyl halides is 4. The van der Waals surface area contributed by atoms with Crippen molar-refractivity contribution in [2.75, 3.05) is 10.7 Å². The Morgan fingerprint density at radius 2 is 0.833 bits per heavy atom. The number of hydrogen-bond donors (Lipinski definition) is 0. The second-order valence-corrected chi connectivity index (χ2v) is 9.12. The summed E-state index contributed by atoms with van der Waals surface area (Å²) in [6, 6.07) is 0. The minimum absolute atomic E-state index is 0.271. The molecule has 0 aliphatic carbocycles. The van der Waals surface area contributed by atoms with E-state index in [-0.39, 0.29) is 8.65 Å². The average molecular weight is 432 g/mol.